The van der Waals surface area contributed by atoms with Crippen LogP contribution >= 0.6 is 0 Å². The van der Waals surface area contributed by atoms with Crippen LogP contribution in [0.4, 0.5) is 0 Å². The Kier molecular flexibility index (Phi) is 7.16. The second kappa shape index (κ2) is 12.8. The Bertz CT molecular complexity index is 3470. The highest BCUT2D eigenvalue weighted by molar-refractivity contribution is 6.17. The summed E-state index contributed by atoms with van der Waals surface area (Å²) in [5, 5.41) is 9.21. The SMILES string of the molecule is c1ccc(-n2c3ccccc3c3cc(-c4cccc5c4c4ccccc4n5-c4nc(-c5cccc6ccccc56)nc(-c5cccc6ccccc56)n4)ccc32)cc1. The van der Waals surface area contributed by atoms with Crippen molar-refractivity contribution in [1.82, 2.24) is 24.1 Å². The predicted molar refractivity (Wildman–Crippen MR) is 240 cm³/mol. The first-order chi connectivity index (χ1) is 28.8. The molecule has 0 saturated carbocycles. The molecule has 0 aliphatic heterocycles. The highest BCUT2D eigenvalue weighted by Crippen LogP contribution is 2.41. The van der Waals surface area contributed by atoms with Crippen molar-refractivity contribution in [2.24, 2.45) is 0 Å². The Morgan fingerprint density at radius 1 is 0.310 bits per heavy atom. The lowest BCUT2D eigenvalue weighted by atomic mass is 9.98. The average molecular weight is 740 g/mol. The number of rotatable bonds is 5. The highest BCUT2D eigenvalue weighted by Gasteiger charge is 2.22. The van der Waals surface area contributed by atoms with Gasteiger partial charge in [0.1, 0.15) is 0 Å². The average Bonchev–Trinajstić information content (AvgIpc) is 3.81. The van der Waals surface area contributed by atoms with Crippen molar-refractivity contribution >= 4 is 65.2 Å². The zero-order chi connectivity index (χ0) is 38.2. The van der Waals surface area contributed by atoms with Gasteiger partial charge < -0.3 is 4.57 Å². The first kappa shape index (κ1) is 32.4. The van der Waals surface area contributed by atoms with Gasteiger partial charge in [0.15, 0.2) is 11.6 Å². The zero-order valence-corrected chi connectivity index (χ0v) is 31.3. The van der Waals surface area contributed by atoms with Crippen LogP contribution in [0.2, 0.25) is 0 Å². The lowest BCUT2D eigenvalue weighted by Gasteiger charge is -2.13. The summed E-state index contributed by atoms with van der Waals surface area (Å²) < 4.78 is 4.58. The van der Waals surface area contributed by atoms with Gasteiger partial charge >= 0.3 is 0 Å². The molecule has 0 saturated heterocycles. The molecule has 9 aromatic carbocycles. The van der Waals surface area contributed by atoms with Gasteiger partial charge in [0.2, 0.25) is 5.95 Å². The third-order valence-electron chi connectivity index (χ3n) is 11.6. The van der Waals surface area contributed by atoms with Gasteiger partial charge in [-0.1, -0.05) is 158 Å². The molecule has 5 nitrogen and oxygen atoms in total. The van der Waals surface area contributed by atoms with Gasteiger partial charge in [-0.05, 0) is 75.1 Å². The fraction of sp³-hybridized carbons (Fsp3) is 0. The van der Waals surface area contributed by atoms with E-state index in [2.05, 4.69) is 209 Å². The molecule has 12 aromatic rings. The molecule has 0 unspecified atom stereocenters. The van der Waals surface area contributed by atoms with E-state index in [0.29, 0.717) is 17.6 Å². The van der Waals surface area contributed by atoms with E-state index in [1.54, 1.807) is 0 Å². The standard InChI is InChI=1S/C53H33N5/c1-2-19-37(20-3-1)57-46-28-10-8-23-41(46)45-33-36(31-32-48(45)57)40-25-14-30-49-50(40)44-24-9-11-29-47(44)58(49)53-55-51(42-26-12-17-34-15-4-6-21-38(34)42)54-52(56-53)43-27-13-18-35-16-5-7-22-39(35)43/h1-33H. The number of hydrogen-bond donors (Lipinski definition) is 0. The third-order valence-corrected chi connectivity index (χ3v) is 11.6. The van der Waals surface area contributed by atoms with Crippen LogP contribution in [0, 0.1) is 0 Å². The van der Waals surface area contributed by atoms with Crippen LogP contribution in [0.1, 0.15) is 0 Å². The topological polar surface area (TPSA) is 48.5 Å². The molecule has 58 heavy (non-hydrogen) atoms. The van der Waals surface area contributed by atoms with Crippen LogP contribution in [-0.2, 0) is 0 Å². The molecule has 0 atom stereocenters. The number of aromatic nitrogens is 5. The minimum absolute atomic E-state index is 0.575. The smallest absolute Gasteiger partial charge is 0.238 e. The Balaban J connectivity index is 1.13. The van der Waals surface area contributed by atoms with Gasteiger partial charge in [0.05, 0.1) is 22.1 Å². The van der Waals surface area contributed by atoms with Gasteiger partial charge in [0, 0.05) is 38.4 Å². The van der Waals surface area contributed by atoms with Crippen LogP contribution in [0.3, 0.4) is 0 Å². The molecule has 0 N–H and O–H groups in total. The summed E-state index contributed by atoms with van der Waals surface area (Å²) in [5.41, 5.74) is 9.82. The van der Waals surface area contributed by atoms with Crippen molar-refractivity contribution in [1.29, 1.82) is 0 Å². The molecule has 0 amide bonds. The number of hydrogen-bond acceptors (Lipinski definition) is 3. The maximum absolute atomic E-state index is 5.35. The monoisotopic (exact) mass is 739 g/mol. The molecule has 270 valence electrons. The van der Waals surface area contributed by atoms with Crippen molar-refractivity contribution in [3.63, 3.8) is 0 Å². The molecule has 0 aliphatic rings. The minimum atomic E-state index is 0.575. The van der Waals surface area contributed by atoms with Gasteiger partial charge in [-0.25, -0.2) is 4.98 Å². The van der Waals surface area contributed by atoms with Crippen LogP contribution in [0.5, 0.6) is 0 Å². The van der Waals surface area contributed by atoms with E-state index in [9.17, 15) is 0 Å². The molecule has 0 spiro atoms. The summed E-state index contributed by atoms with van der Waals surface area (Å²) in [6.07, 6.45) is 0. The first-order valence-corrected chi connectivity index (χ1v) is 19.6. The maximum atomic E-state index is 5.35. The summed E-state index contributed by atoms with van der Waals surface area (Å²) >= 11 is 0. The third kappa shape index (κ3) is 4.93. The van der Waals surface area contributed by atoms with Gasteiger partial charge in [-0.3, -0.25) is 4.57 Å². The minimum Gasteiger partial charge on any atom is -0.309 e. The second-order valence-electron chi connectivity index (χ2n) is 14.8. The lowest BCUT2D eigenvalue weighted by Crippen LogP contribution is -2.06. The molecule has 0 bridgehead atoms. The number of para-hydroxylation sites is 3. The number of fused-ring (bicyclic) bond motifs is 8. The molecule has 3 heterocycles. The molecule has 0 radical (unpaired) electrons. The second-order valence-corrected chi connectivity index (χ2v) is 14.8. The summed E-state index contributed by atoms with van der Waals surface area (Å²) in [7, 11) is 0. The molecule has 12 rings (SSSR count). The van der Waals surface area contributed by atoms with Crippen molar-refractivity contribution in [2.45, 2.75) is 0 Å². The van der Waals surface area contributed by atoms with Crippen molar-refractivity contribution in [3.05, 3.63) is 200 Å². The summed E-state index contributed by atoms with van der Waals surface area (Å²) in [4.78, 5) is 15.9. The van der Waals surface area contributed by atoms with Crippen LogP contribution in [-0.4, -0.2) is 24.1 Å². The van der Waals surface area contributed by atoms with Crippen molar-refractivity contribution < 1.29 is 0 Å². The summed E-state index contributed by atoms with van der Waals surface area (Å²) in [6.45, 7) is 0. The molecular formula is C53H33N5. The Morgan fingerprint density at radius 2 is 0.810 bits per heavy atom. The van der Waals surface area contributed by atoms with E-state index in [4.69, 9.17) is 15.0 Å². The summed E-state index contributed by atoms with van der Waals surface area (Å²) in [5.74, 6) is 1.84. The van der Waals surface area contributed by atoms with Gasteiger partial charge in [0.25, 0.3) is 0 Å². The van der Waals surface area contributed by atoms with Crippen LogP contribution < -0.4 is 0 Å². The summed E-state index contributed by atoms with van der Waals surface area (Å²) in [6, 6.07) is 70.9. The molecular weight excluding hydrogens is 707 g/mol. The Morgan fingerprint density at radius 3 is 1.50 bits per heavy atom. The van der Waals surface area contributed by atoms with E-state index in [1.165, 1.54) is 21.8 Å². The van der Waals surface area contributed by atoms with Gasteiger partial charge in [-0.15, -0.1) is 0 Å². The van der Waals surface area contributed by atoms with E-state index < -0.39 is 0 Å². The Hall–Kier alpha value is -7.89. The number of nitrogens with zero attached hydrogens (tertiary/aromatic N) is 5. The van der Waals surface area contributed by atoms with E-state index >= 15 is 0 Å². The van der Waals surface area contributed by atoms with Crippen LogP contribution in [0.15, 0.2) is 200 Å². The molecule has 0 fully saturated rings. The highest BCUT2D eigenvalue weighted by atomic mass is 15.2. The fourth-order valence-electron chi connectivity index (χ4n) is 9.02. The Labute approximate surface area is 333 Å². The quantitative estimate of drug-likeness (QED) is 0.177. The van der Waals surface area contributed by atoms with E-state index in [0.717, 1.165) is 71.3 Å². The van der Waals surface area contributed by atoms with E-state index in [1.807, 2.05) is 0 Å². The molecule has 3 aromatic heterocycles. The fourth-order valence-corrected chi connectivity index (χ4v) is 9.02. The zero-order valence-electron chi connectivity index (χ0n) is 31.3. The largest absolute Gasteiger partial charge is 0.309 e. The lowest BCUT2D eigenvalue weighted by molar-refractivity contribution is 0.955. The van der Waals surface area contributed by atoms with Gasteiger partial charge in [-0.2, -0.15) is 9.97 Å². The predicted octanol–water partition coefficient (Wildman–Crippen LogP) is 13.4. The van der Waals surface area contributed by atoms with Crippen LogP contribution in [0.25, 0.3) is 111 Å². The maximum Gasteiger partial charge on any atom is 0.238 e. The normalized spacial score (nSPS) is 11.8. The first-order valence-electron chi connectivity index (χ1n) is 19.6. The molecule has 5 heteroatoms. The van der Waals surface area contributed by atoms with Crippen molar-refractivity contribution in [3.8, 4) is 45.5 Å². The number of benzene rings is 9. The molecule has 0 aliphatic carbocycles. The van der Waals surface area contributed by atoms with Crippen molar-refractivity contribution in [2.75, 3.05) is 0 Å². The van der Waals surface area contributed by atoms with E-state index in [-0.39, 0.29) is 0 Å².